The fraction of sp³-hybridized carbons (Fsp3) is 0.571. The number of fused-ring (bicyclic) bond motifs is 1. The normalized spacial score (nSPS) is 33.0. The lowest BCUT2D eigenvalue weighted by molar-refractivity contribution is 0.480. The van der Waals surface area contributed by atoms with E-state index in [4.69, 9.17) is 28.9 Å². The van der Waals surface area contributed by atoms with Crippen LogP contribution in [0.25, 0.3) is 0 Å². The Bertz CT molecular complexity index is 420. The van der Waals surface area contributed by atoms with E-state index in [1.54, 1.807) is 6.07 Å². The van der Waals surface area contributed by atoms with Gasteiger partial charge in [-0.25, -0.2) is 0 Å². The quantitative estimate of drug-likeness (QED) is 0.845. The van der Waals surface area contributed by atoms with E-state index < -0.39 is 0 Å². The zero-order valence-corrected chi connectivity index (χ0v) is 11.2. The maximum absolute atomic E-state index is 6.38. The predicted molar refractivity (Wildman–Crippen MR) is 72.3 cm³/mol. The van der Waals surface area contributed by atoms with Gasteiger partial charge in [-0.05, 0) is 48.3 Å². The minimum atomic E-state index is 0.0906. The molecular formula is C14H17Cl2N. The van der Waals surface area contributed by atoms with Crippen LogP contribution in [0, 0.1) is 17.8 Å². The largest absolute Gasteiger partial charge is 0.324 e. The fourth-order valence-electron chi connectivity index (χ4n) is 3.56. The summed E-state index contributed by atoms with van der Waals surface area (Å²) in [7, 11) is 0. The van der Waals surface area contributed by atoms with E-state index in [1.165, 1.54) is 25.7 Å². The topological polar surface area (TPSA) is 26.0 Å². The molecule has 1 nitrogen and oxygen atoms in total. The maximum atomic E-state index is 6.38. The summed E-state index contributed by atoms with van der Waals surface area (Å²) in [5.74, 6) is 2.35. The standard InChI is InChI=1S/C14H17Cl2N/c15-8-5-6-11(12(16)7-8)14(17)13-9-3-1-2-4-10(9)13/h5-7,9-10,13-14H,1-4,17H2. The van der Waals surface area contributed by atoms with E-state index in [0.717, 1.165) is 17.4 Å². The molecular weight excluding hydrogens is 253 g/mol. The van der Waals surface area contributed by atoms with Gasteiger partial charge < -0.3 is 5.73 Å². The SMILES string of the molecule is NC(c1ccc(Cl)cc1Cl)C1C2CCCCC21. The summed E-state index contributed by atoms with van der Waals surface area (Å²) in [5.41, 5.74) is 7.45. The highest BCUT2D eigenvalue weighted by atomic mass is 35.5. The average molecular weight is 270 g/mol. The van der Waals surface area contributed by atoms with E-state index in [2.05, 4.69) is 0 Å². The van der Waals surface area contributed by atoms with Gasteiger partial charge in [-0.3, -0.25) is 0 Å². The highest BCUT2D eigenvalue weighted by molar-refractivity contribution is 6.35. The van der Waals surface area contributed by atoms with Gasteiger partial charge in [0.15, 0.2) is 0 Å². The Hall–Kier alpha value is -0.240. The summed E-state index contributed by atoms with van der Waals surface area (Å²) in [4.78, 5) is 0. The van der Waals surface area contributed by atoms with Gasteiger partial charge >= 0.3 is 0 Å². The molecule has 0 amide bonds. The van der Waals surface area contributed by atoms with Gasteiger partial charge in [0.05, 0.1) is 0 Å². The molecule has 2 saturated carbocycles. The molecule has 0 radical (unpaired) electrons. The lowest BCUT2D eigenvalue weighted by Crippen LogP contribution is -2.14. The van der Waals surface area contributed by atoms with Gasteiger partial charge in [-0.15, -0.1) is 0 Å². The molecule has 3 heteroatoms. The van der Waals surface area contributed by atoms with E-state index in [-0.39, 0.29) is 6.04 Å². The minimum Gasteiger partial charge on any atom is -0.324 e. The summed E-state index contributed by atoms with van der Waals surface area (Å²) >= 11 is 12.1. The first-order valence-corrected chi connectivity index (χ1v) is 7.14. The number of halogens is 2. The van der Waals surface area contributed by atoms with Crippen LogP contribution in [-0.4, -0.2) is 0 Å². The van der Waals surface area contributed by atoms with Gasteiger partial charge in [-0.1, -0.05) is 42.1 Å². The number of nitrogens with two attached hydrogens (primary N) is 1. The minimum absolute atomic E-state index is 0.0906. The molecule has 0 aromatic heterocycles. The van der Waals surface area contributed by atoms with Crippen LogP contribution in [0.1, 0.15) is 37.3 Å². The molecule has 0 bridgehead atoms. The Morgan fingerprint density at radius 3 is 2.35 bits per heavy atom. The van der Waals surface area contributed by atoms with Crippen LogP contribution in [0.4, 0.5) is 0 Å². The number of rotatable bonds is 2. The van der Waals surface area contributed by atoms with Crippen molar-refractivity contribution in [2.75, 3.05) is 0 Å². The highest BCUT2D eigenvalue weighted by Gasteiger charge is 2.53. The highest BCUT2D eigenvalue weighted by Crippen LogP contribution is 2.60. The zero-order valence-electron chi connectivity index (χ0n) is 9.70. The Morgan fingerprint density at radius 2 is 1.76 bits per heavy atom. The third-order valence-corrected chi connectivity index (χ3v) is 5.02. The van der Waals surface area contributed by atoms with Crippen molar-refractivity contribution in [1.82, 2.24) is 0 Å². The number of benzene rings is 1. The molecule has 2 fully saturated rings. The van der Waals surface area contributed by atoms with Gasteiger partial charge in [0, 0.05) is 16.1 Å². The average Bonchev–Trinajstić information content (AvgIpc) is 3.02. The lowest BCUT2D eigenvalue weighted by Gasteiger charge is -2.14. The van der Waals surface area contributed by atoms with Crippen LogP contribution in [0.5, 0.6) is 0 Å². The molecule has 3 atom stereocenters. The van der Waals surface area contributed by atoms with E-state index in [1.807, 2.05) is 12.1 Å². The van der Waals surface area contributed by atoms with E-state index in [0.29, 0.717) is 16.0 Å². The first kappa shape index (κ1) is 11.8. The third kappa shape index (κ3) is 2.09. The monoisotopic (exact) mass is 269 g/mol. The second kappa shape index (κ2) is 4.46. The second-order valence-corrected chi connectivity index (χ2v) is 6.22. The number of hydrogen-bond donors (Lipinski definition) is 1. The molecule has 2 aliphatic carbocycles. The molecule has 3 unspecified atom stereocenters. The smallest absolute Gasteiger partial charge is 0.0468 e. The second-order valence-electron chi connectivity index (χ2n) is 5.38. The van der Waals surface area contributed by atoms with Crippen molar-refractivity contribution in [2.24, 2.45) is 23.5 Å². The first-order chi connectivity index (χ1) is 8.18. The van der Waals surface area contributed by atoms with Gasteiger partial charge in [0.1, 0.15) is 0 Å². The predicted octanol–water partition coefficient (Wildman–Crippen LogP) is 4.43. The van der Waals surface area contributed by atoms with Gasteiger partial charge in [0.2, 0.25) is 0 Å². The molecule has 1 aromatic rings. The van der Waals surface area contributed by atoms with Crippen molar-refractivity contribution in [3.05, 3.63) is 33.8 Å². The van der Waals surface area contributed by atoms with Crippen LogP contribution in [-0.2, 0) is 0 Å². The Kier molecular flexibility index (Phi) is 3.10. The first-order valence-electron chi connectivity index (χ1n) is 6.39. The van der Waals surface area contributed by atoms with Crippen LogP contribution in [0.2, 0.25) is 10.0 Å². The van der Waals surface area contributed by atoms with Crippen molar-refractivity contribution in [2.45, 2.75) is 31.7 Å². The summed E-state index contributed by atoms with van der Waals surface area (Å²) < 4.78 is 0. The van der Waals surface area contributed by atoms with Crippen molar-refractivity contribution in [3.8, 4) is 0 Å². The molecule has 17 heavy (non-hydrogen) atoms. The van der Waals surface area contributed by atoms with Crippen LogP contribution < -0.4 is 5.73 Å². The Balaban J connectivity index is 1.80. The molecule has 2 aliphatic rings. The van der Waals surface area contributed by atoms with Crippen molar-refractivity contribution >= 4 is 23.2 Å². The fourth-order valence-corrected chi connectivity index (χ4v) is 4.09. The zero-order chi connectivity index (χ0) is 12.0. The summed E-state index contributed by atoms with van der Waals surface area (Å²) in [6, 6.07) is 5.76. The molecule has 0 saturated heterocycles. The van der Waals surface area contributed by atoms with E-state index in [9.17, 15) is 0 Å². The van der Waals surface area contributed by atoms with Crippen molar-refractivity contribution < 1.29 is 0 Å². The van der Waals surface area contributed by atoms with Crippen molar-refractivity contribution in [3.63, 3.8) is 0 Å². The molecule has 92 valence electrons. The van der Waals surface area contributed by atoms with Crippen LogP contribution in [0.15, 0.2) is 18.2 Å². The third-order valence-electron chi connectivity index (χ3n) is 4.46. The lowest BCUT2D eigenvalue weighted by atomic mass is 10.0. The van der Waals surface area contributed by atoms with Gasteiger partial charge in [0.25, 0.3) is 0 Å². The maximum Gasteiger partial charge on any atom is 0.0468 e. The summed E-state index contributed by atoms with van der Waals surface area (Å²) in [5, 5.41) is 1.40. The Labute approximate surface area is 112 Å². The van der Waals surface area contributed by atoms with Crippen molar-refractivity contribution in [1.29, 1.82) is 0 Å². The molecule has 0 aliphatic heterocycles. The van der Waals surface area contributed by atoms with Crippen LogP contribution >= 0.6 is 23.2 Å². The van der Waals surface area contributed by atoms with Crippen LogP contribution in [0.3, 0.4) is 0 Å². The van der Waals surface area contributed by atoms with Gasteiger partial charge in [-0.2, -0.15) is 0 Å². The molecule has 3 rings (SSSR count). The Morgan fingerprint density at radius 1 is 1.12 bits per heavy atom. The summed E-state index contributed by atoms with van der Waals surface area (Å²) in [6.07, 6.45) is 5.46. The van der Waals surface area contributed by atoms with E-state index >= 15 is 0 Å². The molecule has 0 spiro atoms. The molecule has 1 aromatic carbocycles. The summed E-state index contributed by atoms with van der Waals surface area (Å²) in [6.45, 7) is 0. The molecule has 2 N–H and O–H groups in total. The number of hydrogen-bond acceptors (Lipinski definition) is 1. The molecule has 0 heterocycles.